The molecule has 1 N–H and O–H groups in total. The van der Waals surface area contributed by atoms with Crippen molar-refractivity contribution in [2.45, 2.75) is 12.3 Å². The molecule has 1 fully saturated rings. The number of likely N-dealkylation sites (N-methyl/N-ethyl adjacent to an activating group) is 1. The van der Waals surface area contributed by atoms with Crippen molar-refractivity contribution in [1.29, 1.82) is 0 Å². The summed E-state index contributed by atoms with van der Waals surface area (Å²) in [6.45, 7) is 6.12. The average Bonchev–Trinajstić information content (AvgIpc) is 2.47. The maximum absolute atomic E-state index is 12.5. The maximum atomic E-state index is 12.5. The van der Waals surface area contributed by atoms with Crippen LogP contribution in [0, 0.1) is 0 Å². The minimum atomic E-state index is 0.0965. The molecule has 4 heteroatoms. The highest BCUT2D eigenvalue weighted by Gasteiger charge is 2.33. The van der Waals surface area contributed by atoms with Gasteiger partial charge in [0, 0.05) is 46.3 Å². The fourth-order valence-electron chi connectivity index (χ4n) is 3.08. The van der Waals surface area contributed by atoms with Gasteiger partial charge in [-0.05, 0) is 17.5 Å². The van der Waals surface area contributed by atoms with Crippen molar-refractivity contribution in [3.63, 3.8) is 0 Å². The fourth-order valence-corrected chi connectivity index (χ4v) is 3.08. The Balaban J connectivity index is 1.50. The number of piperazine rings is 1. The van der Waals surface area contributed by atoms with E-state index in [0.29, 0.717) is 0 Å². The third-order valence-electron chi connectivity index (χ3n) is 4.49. The lowest BCUT2D eigenvalue weighted by molar-refractivity contribution is -0.132. The van der Waals surface area contributed by atoms with Crippen LogP contribution in [0.2, 0.25) is 0 Å². The molecule has 1 unspecified atom stereocenters. The second-order valence-electron chi connectivity index (χ2n) is 5.81. The third-order valence-corrected chi connectivity index (χ3v) is 4.49. The molecule has 1 aliphatic carbocycles. The fraction of sp³-hybridized carbons (Fsp3) is 0.562. The zero-order valence-corrected chi connectivity index (χ0v) is 12.1. The zero-order valence-electron chi connectivity index (χ0n) is 12.1. The van der Waals surface area contributed by atoms with Crippen LogP contribution >= 0.6 is 0 Å². The van der Waals surface area contributed by atoms with Gasteiger partial charge in [0.2, 0.25) is 5.91 Å². The van der Waals surface area contributed by atoms with E-state index in [9.17, 15) is 4.79 Å². The van der Waals surface area contributed by atoms with Gasteiger partial charge in [-0.3, -0.25) is 9.69 Å². The summed E-state index contributed by atoms with van der Waals surface area (Å²) in [5.41, 5.74) is 2.56. The predicted octanol–water partition coefficient (Wildman–Crippen LogP) is 0.690. The molecule has 0 spiro atoms. The number of nitrogens with zero attached hydrogens (tertiary/aromatic N) is 2. The van der Waals surface area contributed by atoms with Crippen molar-refractivity contribution >= 4 is 5.91 Å². The molecule has 0 radical (unpaired) electrons. The molecule has 1 aromatic rings. The Morgan fingerprint density at radius 1 is 1.35 bits per heavy atom. The van der Waals surface area contributed by atoms with Gasteiger partial charge in [-0.25, -0.2) is 0 Å². The molecular weight excluding hydrogens is 250 g/mol. The van der Waals surface area contributed by atoms with Gasteiger partial charge in [0.15, 0.2) is 0 Å². The number of hydrogen-bond donors (Lipinski definition) is 1. The van der Waals surface area contributed by atoms with Gasteiger partial charge in [0.1, 0.15) is 0 Å². The van der Waals surface area contributed by atoms with Crippen LogP contribution in [-0.2, 0) is 11.2 Å². The van der Waals surface area contributed by atoms with Crippen LogP contribution in [0.25, 0.3) is 0 Å². The van der Waals surface area contributed by atoms with Crippen molar-refractivity contribution in [3.8, 4) is 0 Å². The summed E-state index contributed by atoms with van der Waals surface area (Å²) in [5.74, 6) is 0.373. The SMILES string of the molecule is CN(CCN1CCNCC1)C(=O)C1Cc2ccccc21. The molecule has 108 valence electrons. The summed E-state index contributed by atoms with van der Waals surface area (Å²) in [6.07, 6.45) is 0.910. The minimum Gasteiger partial charge on any atom is -0.344 e. The second-order valence-corrected chi connectivity index (χ2v) is 5.81. The molecule has 3 rings (SSSR count). The number of fused-ring (bicyclic) bond motifs is 1. The van der Waals surface area contributed by atoms with Gasteiger partial charge in [0.25, 0.3) is 0 Å². The van der Waals surface area contributed by atoms with E-state index in [1.165, 1.54) is 11.1 Å². The summed E-state index contributed by atoms with van der Waals surface area (Å²) in [7, 11) is 1.94. The largest absolute Gasteiger partial charge is 0.344 e. The van der Waals surface area contributed by atoms with Crippen LogP contribution in [0.5, 0.6) is 0 Å². The summed E-state index contributed by atoms with van der Waals surface area (Å²) in [4.78, 5) is 16.8. The Kier molecular flexibility index (Phi) is 4.03. The van der Waals surface area contributed by atoms with E-state index in [-0.39, 0.29) is 11.8 Å². The Morgan fingerprint density at radius 3 is 2.85 bits per heavy atom. The molecule has 0 aromatic heterocycles. The first-order valence-corrected chi connectivity index (χ1v) is 7.51. The Labute approximate surface area is 120 Å². The molecule has 0 saturated carbocycles. The molecule has 1 heterocycles. The number of rotatable bonds is 4. The lowest BCUT2D eigenvalue weighted by atomic mass is 9.77. The van der Waals surface area contributed by atoms with E-state index in [0.717, 1.165) is 45.7 Å². The predicted molar refractivity (Wildman–Crippen MR) is 79.8 cm³/mol. The Hall–Kier alpha value is -1.39. The topological polar surface area (TPSA) is 35.6 Å². The highest BCUT2D eigenvalue weighted by atomic mass is 16.2. The highest BCUT2D eigenvalue weighted by molar-refractivity contribution is 5.86. The number of hydrogen-bond acceptors (Lipinski definition) is 3. The van der Waals surface area contributed by atoms with E-state index in [1.54, 1.807) is 0 Å². The van der Waals surface area contributed by atoms with Crippen LogP contribution in [0.15, 0.2) is 24.3 Å². The van der Waals surface area contributed by atoms with E-state index in [4.69, 9.17) is 0 Å². The van der Waals surface area contributed by atoms with Crippen LogP contribution in [0.1, 0.15) is 17.0 Å². The van der Waals surface area contributed by atoms with Crippen LogP contribution in [0.4, 0.5) is 0 Å². The Bertz CT molecular complexity index is 482. The summed E-state index contributed by atoms with van der Waals surface area (Å²) >= 11 is 0. The molecule has 0 bridgehead atoms. The smallest absolute Gasteiger partial charge is 0.230 e. The van der Waals surface area contributed by atoms with Gasteiger partial charge in [-0.1, -0.05) is 24.3 Å². The van der Waals surface area contributed by atoms with Gasteiger partial charge in [0.05, 0.1) is 5.92 Å². The normalized spacial score (nSPS) is 21.9. The monoisotopic (exact) mass is 273 g/mol. The van der Waals surface area contributed by atoms with E-state index < -0.39 is 0 Å². The van der Waals surface area contributed by atoms with Crippen molar-refractivity contribution in [2.24, 2.45) is 0 Å². The first-order valence-electron chi connectivity index (χ1n) is 7.51. The van der Waals surface area contributed by atoms with Crippen LogP contribution in [-0.4, -0.2) is 62.0 Å². The molecule has 20 heavy (non-hydrogen) atoms. The molecule has 1 amide bonds. The van der Waals surface area contributed by atoms with Gasteiger partial charge < -0.3 is 10.2 Å². The summed E-state index contributed by atoms with van der Waals surface area (Å²) < 4.78 is 0. The number of carbonyl (C=O) groups excluding carboxylic acids is 1. The van der Waals surface area contributed by atoms with Crippen LogP contribution < -0.4 is 5.32 Å². The summed E-state index contributed by atoms with van der Waals surface area (Å²) in [6, 6.07) is 8.29. The second kappa shape index (κ2) is 5.94. The average molecular weight is 273 g/mol. The molecule has 2 aliphatic rings. The van der Waals surface area contributed by atoms with Gasteiger partial charge in [-0.2, -0.15) is 0 Å². The molecule has 1 saturated heterocycles. The van der Waals surface area contributed by atoms with Crippen molar-refractivity contribution in [2.75, 3.05) is 46.3 Å². The highest BCUT2D eigenvalue weighted by Crippen LogP contribution is 2.35. The van der Waals surface area contributed by atoms with Crippen LogP contribution in [0.3, 0.4) is 0 Å². The zero-order chi connectivity index (χ0) is 13.9. The van der Waals surface area contributed by atoms with Gasteiger partial charge >= 0.3 is 0 Å². The lowest BCUT2D eigenvalue weighted by Crippen LogP contribution is -2.47. The van der Waals surface area contributed by atoms with E-state index in [1.807, 2.05) is 24.1 Å². The minimum absolute atomic E-state index is 0.0965. The Morgan fingerprint density at radius 2 is 2.10 bits per heavy atom. The van der Waals surface area contributed by atoms with Crippen molar-refractivity contribution in [1.82, 2.24) is 15.1 Å². The molecule has 1 aliphatic heterocycles. The van der Waals surface area contributed by atoms with E-state index in [2.05, 4.69) is 22.3 Å². The standard InChI is InChI=1S/C16H23N3O/c1-18(10-11-19-8-6-17-7-9-19)16(20)15-12-13-4-2-3-5-14(13)15/h2-5,15,17H,6-12H2,1H3. The number of amides is 1. The molecule has 1 aromatic carbocycles. The first kappa shape index (κ1) is 13.6. The first-order chi connectivity index (χ1) is 9.75. The maximum Gasteiger partial charge on any atom is 0.230 e. The third kappa shape index (κ3) is 2.72. The number of benzene rings is 1. The van der Waals surface area contributed by atoms with Gasteiger partial charge in [-0.15, -0.1) is 0 Å². The number of carbonyl (C=O) groups is 1. The summed E-state index contributed by atoms with van der Waals surface area (Å²) in [5, 5.41) is 3.35. The molecule has 4 nitrogen and oxygen atoms in total. The molecule has 1 atom stereocenters. The van der Waals surface area contributed by atoms with E-state index >= 15 is 0 Å². The van der Waals surface area contributed by atoms with Crippen molar-refractivity contribution in [3.05, 3.63) is 35.4 Å². The quantitative estimate of drug-likeness (QED) is 0.877. The van der Waals surface area contributed by atoms with Crippen molar-refractivity contribution < 1.29 is 4.79 Å². The lowest BCUT2D eigenvalue weighted by Gasteiger charge is -2.34. The number of nitrogens with one attached hydrogen (secondary N) is 1. The molecular formula is C16H23N3O.